The molecule has 0 unspecified atom stereocenters. The number of benzene rings is 2. The number of hydrogen-bond acceptors (Lipinski definition) is 6. The minimum absolute atomic E-state index is 0.121. The van der Waals surface area contributed by atoms with E-state index in [2.05, 4.69) is 0 Å². The fraction of sp³-hybridized carbons (Fsp3) is 0.188. The van der Waals surface area contributed by atoms with Crippen LogP contribution in [0.1, 0.15) is 15.9 Å². The van der Waals surface area contributed by atoms with Gasteiger partial charge in [-0.1, -0.05) is 0 Å². The standard InChI is InChI=1S/C16H16O6/c1-9-4-13(17)15(18)14(5-9)22-16(19)10-6-11(20-2)8-12(7-10)21-3/h4-8,17-18H,1-3H3. The summed E-state index contributed by atoms with van der Waals surface area (Å²) in [7, 11) is 2.93. The van der Waals surface area contributed by atoms with E-state index in [1.54, 1.807) is 13.0 Å². The first-order valence-corrected chi connectivity index (χ1v) is 6.42. The maximum atomic E-state index is 12.2. The van der Waals surface area contributed by atoms with Crippen LogP contribution in [-0.2, 0) is 0 Å². The van der Waals surface area contributed by atoms with Crippen LogP contribution in [0.25, 0.3) is 0 Å². The maximum Gasteiger partial charge on any atom is 0.343 e. The summed E-state index contributed by atoms with van der Waals surface area (Å²) in [5, 5.41) is 19.3. The summed E-state index contributed by atoms with van der Waals surface area (Å²) in [6, 6.07) is 7.40. The first kappa shape index (κ1) is 15.5. The Morgan fingerprint density at radius 1 is 0.955 bits per heavy atom. The van der Waals surface area contributed by atoms with Crippen LogP contribution in [0.4, 0.5) is 0 Å². The molecule has 0 atom stereocenters. The Morgan fingerprint density at radius 2 is 1.55 bits per heavy atom. The van der Waals surface area contributed by atoms with Gasteiger partial charge in [0.2, 0.25) is 5.75 Å². The summed E-state index contributed by atoms with van der Waals surface area (Å²) in [6.07, 6.45) is 0. The zero-order valence-corrected chi connectivity index (χ0v) is 12.4. The molecule has 0 heterocycles. The highest BCUT2D eigenvalue weighted by atomic mass is 16.5. The van der Waals surface area contributed by atoms with Crippen LogP contribution in [-0.4, -0.2) is 30.4 Å². The quantitative estimate of drug-likeness (QED) is 0.513. The van der Waals surface area contributed by atoms with Crippen LogP contribution < -0.4 is 14.2 Å². The highest BCUT2D eigenvalue weighted by molar-refractivity contribution is 5.92. The summed E-state index contributed by atoms with van der Waals surface area (Å²) < 4.78 is 15.3. The van der Waals surface area contributed by atoms with Crippen LogP contribution in [0.5, 0.6) is 28.7 Å². The number of carbonyl (C=O) groups excluding carboxylic acids is 1. The van der Waals surface area contributed by atoms with Gasteiger partial charge in [0.15, 0.2) is 11.5 Å². The molecule has 0 radical (unpaired) electrons. The molecular formula is C16H16O6. The number of aromatic hydroxyl groups is 2. The van der Waals surface area contributed by atoms with Gasteiger partial charge in [-0.3, -0.25) is 0 Å². The second-order valence-corrected chi connectivity index (χ2v) is 4.62. The summed E-state index contributed by atoms with van der Waals surface area (Å²) in [5.41, 5.74) is 0.831. The molecule has 6 nitrogen and oxygen atoms in total. The van der Waals surface area contributed by atoms with Gasteiger partial charge in [-0.25, -0.2) is 4.79 Å². The Balaban J connectivity index is 2.33. The van der Waals surface area contributed by atoms with Crippen LogP contribution in [0.3, 0.4) is 0 Å². The van der Waals surface area contributed by atoms with Gasteiger partial charge in [-0.2, -0.15) is 0 Å². The molecule has 0 aromatic heterocycles. The van der Waals surface area contributed by atoms with Crippen molar-refractivity contribution in [2.24, 2.45) is 0 Å². The summed E-state index contributed by atoms with van der Waals surface area (Å²) in [5.74, 6) is -0.813. The average molecular weight is 304 g/mol. The predicted molar refractivity (Wildman–Crippen MR) is 79.0 cm³/mol. The number of hydrogen-bond donors (Lipinski definition) is 2. The number of methoxy groups -OCH3 is 2. The summed E-state index contributed by atoms with van der Waals surface area (Å²) in [6.45, 7) is 1.70. The average Bonchev–Trinajstić information content (AvgIpc) is 2.51. The molecule has 22 heavy (non-hydrogen) atoms. The molecule has 116 valence electrons. The van der Waals surface area contributed by atoms with E-state index in [0.29, 0.717) is 17.1 Å². The van der Waals surface area contributed by atoms with Crippen molar-refractivity contribution in [1.82, 2.24) is 0 Å². The number of carbonyl (C=O) groups is 1. The van der Waals surface area contributed by atoms with Crippen LogP contribution in [0.2, 0.25) is 0 Å². The largest absolute Gasteiger partial charge is 0.504 e. The van der Waals surface area contributed by atoms with E-state index in [-0.39, 0.29) is 17.1 Å². The molecule has 2 aromatic rings. The Hall–Kier alpha value is -2.89. The van der Waals surface area contributed by atoms with Gasteiger partial charge in [-0.15, -0.1) is 0 Å². The molecule has 6 heteroatoms. The van der Waals surface area contributed by atoms with Crippen molar-refractivity contribution in [2.45, 2.75) is 6.92 Å². The minimum Gasteiger partial charge on any atom is -0.504 e. The van der Waals surface area contributed by atoms with E-state index in [1.807, 2.05) is 0 Å². The number of esters is 1. The van der Waals surface area contributed by atoms with Crippen molar-refractivity contribution in [3.05, 3.63) is 41.5 Å². The maximum absolute atomic E-state index is 12.2. The molecule has 0 saturated heterocycles. The third-order valence-corrected chi connectivity index (χ3v) is 2.99. The lowest BCUT2D eigenvalue weighted by Gasteiger charge is -2.10. The molecular weight excluding hydrogens is 288 g/mol. The SMILES string of the molecule is COc1cc(OC)cc(C(=O)Oc2cc(C)cc(O)c2O)c1. The molecule has 0 aliphatic heterocycles. The molecule has 0 fully saturated rings. The van der Waals surface area contributed by atoms with Gasteiger partial charge >= 0.3 is 5.97 Å². The Morgan fingerprint density at radius 3 is 2.09 bits per heavy atom. The molecule has 0 amide bonds. The third kappa shape index (κ3) is 3.22. The van der Waals surface area contributed by atoms with Gasteiger partial charge in [-0.05, 0) is 36.8 Å². The molecule has 2 rings (SSSR count). The van der Waals surface area contributed by atoms with Gasteiger partial charge in [0.25, 0.3) is 0 Å². The van der Waals surface area contributed by atoms with Gasteiger partial charge in [0.05, 0.1) is 19.8 Å². The van der Waals surface area contributed by atoms with Crippen LogP contribution in [0, 0.1) is 6.92 Å². The number of aryl methyl sites for hydroxylation is 1. The lowest BCUT2D eigenvalue weighted by Crippen LogP contribution is -2.09. The van der Waals surface area contributed by atoms with E-state index in [1.165, 1.54) is 38.5 Å². The Bertz CT molecular complexity index is 686. The third-order valence-electron chi connectivity index (χ3n) is 2.99. The van der Waals surface area contributed by atoms with Gasteiger partial charge in [0, 0.05) is 6.07 Å². The van der Waals surface area contributed by atoms with Crippen molar-refractivity contribution in [2.75, 3.05) is 14.2 Å². The van der Waals surface area contributed by atoms with Crippen LogP contribution >= 0.6 is 0 Å². The molecule has 0 aliphatic rings. The molecule has 0 bridgehead atoms. The smallest absolute Gasteiger partial charge is 0.343 e. The molecule has 0 aliphatic carbocycles. The van der Waals surface area contributed by atoms with Crippen molar-refractivity contribution < 1.29 is 29.2 Å². The fourth-order valence-corrected chi connectivity index (χ4v) is 1.89. The van der Waals surface area contributed by atoms with Crippen molar-refractivity contribution >= 4 is 5.97 Å². The molecule has 2 aromatic carbocycles. The number of phenols is 2. The molecule has 0 spiro atoms. The minimum atomic E-state index is -0.711. The van der Waals surface area contributed by atoms with E-state index in [9.17, 15) is 15.0 Å². The van der Waals surface area contributed by atoms with Crippen molar-refractivity contribution in [3.8, 4) is 28.7 Å². The lowest BCUT2D eigenvalue weighted by molar-refractivity contribution is 0.0728. The topological polar surface area (TPSA) is 85.2 Å². The first-order valence-electron chi connectivity index (χ1n) is 6.42. The summed E-state index contributed by atoms with van der Waals surface area (Å²) in [4.78, 5) is 12.2. The molecule has 2 N–H and O–H groups in total. The monoisotopic (exact) mass is 304 g/mol. The zero-order valence-electron chi connectivity index (χ0n) is 12.4. The van der Waals surface area contributed by atoms with E-state index in [4.69, 9.17) is 14.2 Å². The van der Waals surface area contributed by atoms with Gasteiger partial charge in [0.1, 0.15) is 11.5 Å². The molecule has 0 saturated carbocycles. The van der Waals surface area contributed by atoms with E-state index < -0.39 is 11.7 Å². The Kier molecular flexibility index (Phi) is 4.41. The predicted octanol–water partition coefficient (Wildman–Crippen LogP) is 2.64. The highest BCUT2D eigenvalue weighted by Gasteiger charge is 2.16. The second-order valence-electron chi connectivity index (χ2n) is 4.62. The number of rotatable bonds is 4. The highest BCUT2D eigenvalue weighted by Crippen LogP contribution is 2.37. The zero-order chi connectivity index (χ0) is 16.3. The van der Waals surface area contributed by atoms with E-state index >= 15 is 0 Å². The number of ether oxygens (including phenoxy) is 3. The first-order chi connectivity index (χ1) is 10.4. The normalized spacial score (nSPS) is 10.1. The fourth-order valence-electron chi connectivity index (χ4n) is 1.89. The lowest BCUT2D eigenvalue weighted by atomic mass is 10.2. The summed E-state index contributed by atoms with van der Waals surface area (Å²) >= 11 is 0. The van der Waals surface area contributed by atoms with Crippen molar-refractivity contribution in [3.63, 3.8) is 0 Å². The van der Waals surface area contributed by atoms with Crippen LogP contribution in [0.15, 0.2) is 30.3 Å². The van der Waals surface area contributed by atoms with E-state index in [0.717, 1.165) is 0 Å². The van der Waals surface area contributed by atoms with Crippen molar-refractivity contribution in [1.29, 1.82) is 0 Å². The second kappa shape index (κ2) is 6.26. The number of phenolic OH excluding ortho intramolecular Hbond substituents is 2. The Labute approximate surface area is 127 Å². The van der Waals surface area contributed by atoms with Gasteiger partial charge < -0.3 is 24.4 Å².